The minimum atomic E-state index is -0.568. The summed E-state index contributed by atoms with van der Waals surface area (Å²) in [6.45, 7) is 2.05. The van der Waals surface area contributed by atoms with Gasteiger partial charge in [0.05, 0.1) is 29.2 Å². The van der Waals surface area contributed by atoms with Crippen LogP contribution in [0.4, 0.5) is 0 Å². The van der Waals surface area contributed by atoms with Gasteiger partial charge in [-0.15, -0.1) is 0 Å². The van der Waals surface area contributed by atoms with Gasteiger partial charge in [0.1, 0.15) is 0 Å². The van der Waals surface area contributed by atoms with Crippen molar-refractivity contribution >= 4 is 40.3 Å². The molecule has 1 amide bonds. The Balaban J connectivity index is 1.88. The molecule has 3 rings (SSSR count). The van der Waals surface area contributed by atoms with Gasteiger partial charge in [0, 0.05) is 0 Å². The minimum Gasteiger partial charge on any atom is -0.490 e. The van der Waals surface area contributed by atoms with E-state index in [2.05, 4.69) is 26.0 Å². The first-order chi connectivity index (χ1) is 14.0. The first-order valence-electron chi connectivity index (χ1n) is 8.76. The highest BCUT2D eigenvalue weighted by atomic mass is 79.9. The van der Waals surface area contributed by atoms with Crippen LogP contribution in [0, 0.1) is 4.77 Å². The van der Waals surface area contributed by atoms with Crippen LogP contribution in [0.25, 0.3) is 11.3 Å². The highest BCUT2D eigenvalue weighted by Crippen LogP contribution is 2.36. The van der Waals surface area contributed by atoms with Crippen LogP contribution in [-0.4, -0.2) is 35.0 Å². The third-order valence-corrected chi connectivity index (χ3v) is 4.69. The van der Waals surface area contributed by atoms with Crippen molar-refractivity contribution in [3.63, 3.8) is 0 Å². The first kappa shape index (κ1) is 20.8. The summed E-state index contributed by atoms with van der Waals surface area (Å²) in [5.74, 6) is 0.320. The van der Waals surface area contributed by atoms with Crippen molar-refractivity contribution in [1.29, 1.82) is 0 Å². The Morgan fingerprint density at radius 1 is 1.31 bits per heavy atom. The van der Waals surface area contributed by atoms with E-state index < -0.39 is 5.91 Å². The molecule has 0 aliphatic rings. The van der Waals surface area contributed by atoms with Gasteiger partial charge in [-0.1, -0.05) is 30.3 Å². The quantitative estimate of drug-likeness (QED) is 0.379. The molecule has 0 aliphatic heterocycles. The fourth-order valence-electron chi connectivity index (χ4n) is 2.57. The number of rotatable bonds is 8. The van der Waals surface area contributed by atoms with E-state index in [1.807, 2.05) is 43.5 Å². The van der Waals surface area contributed by atoms with E-state index in [4.69, 9.17) is 27.4 Å². The largest absolute Gasteiger partial charge is 0.490 e. The Morgan fingerprint density at radius 3 is 2.76 bits per heavy atom. The Kier molecular flexibility index (Phi) is 6.84. The number of hydrogen-bond donors (Lipinski definition) is 2. The number of amides is 1. The SMILES string of the molecule is CCOc1cc(C=Nn2cc(-c3ccccc3)[nH]c2=S)cc(Br)c1OCC(N)=O. The maximum Gasteiger partial charge on any atom is 0.255 e. The van der Waals surface area contributed by atoms with Crippen LogP contribution in [0.2, 0.25) is 0 Å². The van der Waals surface area contributed by atoms with Crippen molar-refractivity contribution in [3.05, 3.63) is 63.5 Å². The number of imidazole rings is 1. The van der Waals surface area contributed by atoms with Crippen molar-refractivity contribution in [2.75, 3.05) is 13.2 Å². The Labute approximate surface area is 181 Å². The number of carbonyl (C=O) groups excluding carboxylic acids is 1. The van der Waals surface area contributed by atoms with Crippen LogP contribution in [0.3, 0.4) is 0 Å². The molecule has 150 valence electrons. The van der Waals surface area contributed by atoms with Crippen LogP contribution in [0.1, 0.15) is 12.5 Å². The number of ether oxygens (including phenoxy) is 2. The zero-order valence-electron chi connectivity index (χ0n) is 15.6. The van der Waals surface area contributed by atoms with Crippen molar-refractivity contribution in [1.82, 2.24) is 9.66 Å². The molecule has 2 aromatic carbocycles. The number of primary amides is 1. The van der Waals surface area contributed by atoms with E-state index in [0.29, 0.717) is 27.3 Å². The maximum absolute atomic E-state index is 11.0. The third kappa shape index (κ3) is 5.33. The first-order valence-corrected chi connectivity index (χ1v) is 9.97. The van der Waals surface area contributed by atoms with Crippen molar-refractivity contribution < 1.29 is 14.3 Å². The molecule has 0 fully saturated rings. The lowest BCUT2D eigenvalue weighted by Gasteiger charge is -2.13. The smallest absolute Gasteiger partial charge is 0.255 e. The Bertz CT molecular complexity index is 1090. The molecular weight excluding hydrogens is 456 g/mol. The second-order valence-corrected chi connectivity index (χ2v) is 7.19. The normalized spacial score (nSPS) is 11.0. The molecule has 3 aromatic rings. The molecular formula is C20H19BrN4O3S. The average molecular weight is 475 g/mol. The summed E-state index contributed by atoms with van der Waals surface area (Å²) in [6.07, 6.45) is 3.49. The van der Waals surface area contributed by atoms with Gasteiger partial charge in [0.15, 0.2) is 22.9 Å². The summed E-state index contributed by atoms with van der Waals surface area (Å²) >= 11 is 8.80. The lowest BCUT2D eigenvalue weighted by molar-refractivity contribution is -0.119. The molecule has 7 nitrogen and oxygen atoms in total. The Hall–Kier alpha value is -2.91. The monoisotopic (exact) mass is 474 g/mol. The molecule has 0 aliphatic carbocycles. The average Bonchev–Trinajstić information content (AvgIpc) is 3.07. The van der Waals surface area contributed by atoms with Gasteiger partial charge in [0.25, 0.3) is 5.91 Å². The van der Waals surface area contributed by atoms with E-state index >= 15 is 0 Å². The predicted molar refractivity (Wildman–Crippen MR) is 118 cm³/mol. The van der Waals surface area contributed by atoms with Crippen LogP contribution in [0.5, 0.6) is 11.5 Å². The van der Waals surface area contributed by atoms with Crippen molar-refractivity contribution in [2.45, 2.75) is 6.92 Å². The molecule has 0 atom stereocenters. The van der Waals surface area contributed by atoms with Crippen LogP contribution in [0.15, 0.2) is 58.2 Å². The number of aromatic amines is 1. The number of benzene rings is 2. The number of carbonyl (C=O) groups is 1. The minimum absolute atomic E-state index is 0.243. The molecule has 0 bridgehead atoms. The lowest BCUT2D eigenvalue weighted by atomic mass is 10.2. The van der Waals surface area contributed by atoms with Crippen LogP contribution in [-0.2, 0) is 4.79 Å². The highest BCUT2D eigenvalue weighted by Gasteiger charge is 2.13. The lowest BCUT2D eigenvalue weighted by Crippen LogP contribution is -2.20. The molecule has 1 heterocycles. The fraction of sp³-hybridized carbons (Fsp3) is 0.150. The molecule has 3 N–H and O–H groups in total. The molecule has 0 unspecified atom stereocenters. The number of nitrogens with two attached hydrogens (primary N) is 1. The number of nitrogens with one attached hydrogen (secondary N) is 1. The highest BCUT2D eigenvalue weighted by molar-refractivity contribution is 9.10. The molecule has 0 saturated heterocycles. The number of H-pyrrole nitrogens is 1. The fourth-order valence-corrected chi connectivity index (χ4v) is 3.36. The molecule has 29 heavy (non-hydrogen) atoms. The van der Waals surface area contributed by atoms with Crippen molar-refractivity contribution in [3.8, 4) is 22.8 Å². The van der Waals surface area contributed by atoms with Crippen LogP contribution >= 0.6 is 28.1 Å². The van der Waals surface area contributed by atoms with E-state index in [1.54, 1.807) is 23.0 Å². The van der Waals surface area contributed by atoms with Gasteiger partial charge in [-0.25, -0.2) is 4.68 Å². The van der Waals surface area contributed by atoms with Crippen LogP contribution < -0.4 is 15.2 Å². The van der Waals surface area contributed by atoms with E-state index in [-0.39, 0.29) is 6.61 Å². The zero-order valence-corrected chi connectivity index (χ0v) is 18.0. The molecule has 9 heteroatoms. The molecule has 0 saturated carbocycles. The number of halogens is 1. The third-order valence-electron chi connectivity index (χ3n) is 3.81. The van der Waals surface area contributed by atoms with Gasteiger partial charge in [-0.2, -0.15) is 5.10 Å². The number of aromatic nitrogens is 2. The molecule has 0 radical (unpaired) electrons. The standard InChI is InChI=1S/C20H19BrN4O3S/c1-2-27-17-9-13(8-15(21)19(17)28-12-18(22)26)10-23-25-11-16(24-20(25)29)14-6-4-3-5-7-14/h3-11H,2,12H2,1H3,(H2,22,26)(H,24,29). The number of hydrogen-bond acceptors (Lipinski definition) is 5. The van der Waals surface area contributed by atoms with Crippen molar-refractivity contribution in [2.24, 2.45) is 10.8 Å². The molecule has 1 aromatic heterocycles. The van der Waals surface area contributed by atoms with Gasteiger partial charge < -0.3 is 20.2 Å². The van der Waals surface area contributed by atoms with E-state index in [1.165, 1.54) is 0 Å². The van der Waals surface area contributed by atoms with Gasteiger partial charge in [-0.05, 0) is 58.3 Å². The summed E-state index contributed by atoms with van der Waals surface area (Å²) in [5.41, 5.74) is 7.81. The van der Waals surface area contributed by atoms with E-state index in [9.17, 15) is 4.79 Å². The molecule has 0 spiro atoms. The topological polar surface area (TPSA) is 94.6 Å². The summed E-state index contributed by atoms with van der Waals surface area (Å²) in [6, 6.07) is 13.4. The van der Waals surface area contributed by atoms with Gasteiger partial charge in [-0.3, -0.25) is 4.79 Å². The summed E-state index contributed by atoms with van der Waals surface area (Å²) < 4.78 is 13.8. The second kappa shape index (κ2) is 9.53. The van der Waals surface area contributed by atoms with Gasteiger partial charge in [0.2, 0.25) is 0 Å². The zero-order chi connectivity index (χ0) is 20.8. The predicted octanol–water partition coefficient (Wildman–Crippen LogP) is 4.12. The number of nitrogens with zero attached hydrogens (tertiary/aromatic N) is 2. The summed E-state index contributed by atoms with van der Waals surface area (Å²) in [5, 5.41) is 4.43. The van der Waals surface area contributed by atoms with Gasteiger partial charge >= 0.3 is 0 Å². The summed E-state index contributed by atoms with van der Waals surface area (Å²) in [4.78, 5) is 14.2. The second-order valence-electron chi connectivity index (χ2n) is 5.95. The maximum atomic E-state index is 11.0. The van der Waals surface area contributed by atoms with E-state index in [0.717, 1.165) is 16.8 Å². The Morgan fingerprint density at radius 2 is 2.07 bits per heavy atom. The summed E-state index contributed by atoms with van der Waals surface area (Å²) in [7, 11) is 0.